The maximum absolute atomic E-state index is 13.4. The van der Waals surface area contributed by atoms with Gasteiger partial charge in [0.25, 0.3) is 0 Å². The van der Waals surface area contributed by atoms with E-state index in [4.69, 9.17) is 0 Å². The van der Waals surface area contributed by atoms with Crippen LogP contribution in [0.1, 0.15) is 23.5 Å². The number of amides is 1. The zero-order valence-electron chi connectivity index (χ0n) is 9.69. The number of halogens is 1. The van der Waals surface area contributed by atoms with Gasteiger partial charge in [-0.1, -0.05) is 30.3 Å². The Morgan fingerprint density at radius 3 is 2.67 bits per heavy atom. The molecular weight excluding hydrogens is 229 g/mol. The van der Waals surface area contributed by atoms with Crippen molar-refractivity contribution in [3.63, 3.8) is 0 Å². The molecule has 0 fully saturated rings. The molecule has 2 aromatic rings. The van der Waals surface area contributed by atoms with Gasteiger partial charge >= 0.3 is 0 Å². The van der Waals surface area contributed by atoms with Crippen LogP contribution in [0.15, 0.2) is 48.5 Å². The van der Waals surface area contributed by atoms with Crippen molar-refractivity contribution in [1.82, 2.24) is 0 Å². The summed E-state index contributed by atoms with van der Waals surface area (Å²) in [4.78, 5) is 11.7. The molecule has 0 spiro atoms. The van der Waals surface area contributed by atoms with Crippen molar-refractivity contribution in [2.75, 3.05) is 5.32 Å². The van der Waals surface area contributed by atoms with Crippen LogP contribution in [0.3, 0.4) is 0 Å². The highest BCUT2D eigenvalue weighted by molar-refractivity contribution is 5.95. The summed E-state index contributed by atoms with van der Waals surface area (Å²) in [5.74, 6) is -0.362. The fourth-order valence-electron chi connectivity index (χ4n) is 2.42. The lowest BCUT2D eigenvalue weighted by atomic mass is 9.85. The second kappa shape index (κ2) is 4.26. The Morgan fingerprint density at radius 2 is 1.89 bits per heavy atom. The van der Waals surface area contributed by atoms with E-state index in [1.807, 2.05) is 30.3 Å². The molecule has 0 aromatic heterocycles. The van der Waals surface area contributed by atoms with Crippen LogP contribution in [-0.4, -0.2) is 5.91 Å². The Kier molecular flexibility index (Phi) is 2.59. The van der Waals surface area contributed by atoms with Crippen LogP contribution in [0.2, 0.25) is 0 Å². The number of rotatable bonds is 1. The van der Waals surface area contributed by atoms with Crippen LogP contribution in [0.25, 0.3) is 0 Å². The van der Waals surface area contributed by atoms with Gasteiger partial charge in [-0.3, -0.25) is 4.79 Å². The summed E-state index contributed by atoms with van der Waals surface area (Å²) in [5, 5.41) is 2.78. The number of carbonyl (C=O) groups excluding carboxylic acids is 1. The molecule has 3 heteroatoms. The van der Waals surface area contributed by atoms with E-state index in [1.54, 1.807) is 6.07 Å². The first-order chi connectivity index (χ1) is 8.74. The summed E-state index contributed by atoms with van der Waals surface area (Å²) in [6.07, 6.45) is 0.362. The van der Waals surface area contributed by atoms with E-state index in [2.05, 4.69) is 5.32 Å². The monoisotopic (exact) mass is 241 g/mol. The Hall–Kier alpha value is -2.16. The van der Waals surface area contributed by atoms with Gasteiger partial charge in [0, 0.05) is 18.0 Å². The average molecular weight is 241 g/mol. The molecule has 0 aliphatic carbocycles. The Labute approximate surface area is 104 Å². The summed E-state index contributed by atoms with van der Waals surface area (Å²) in [7, 11) is 0. The fourth-order valence-corrected chi connectivity index (χ4v) is 2.42. The van der Waals surface area contributed by atoms with E-state index in [1.165, 1.54) is 12.1 Å². The third-order valence-electron chi connectivity index (χ3n) is 3.25. The van der Waals surface area contributed by atoms with Gasteiger partial charge in [0.05, 0.1) is 0 Å². The molecule has 0 bridgehead atoms. The molecule has 2 aromatic carbocycles. The van der Waals surface area contributed by atoms with Gasteiger partial charge in [-0.15, -0.1) is 0 Å². The number of benzene rings is 2. The van der Waals surface area contributed by atoms with Crippen molar-refractivity contribution >= 4 is 11.6 Å². The summed E-state index contributed by atoms with van der Waals surface area (Å²) in [6, 6.07) is 14.2. The second-order valence-corrected chi connectivity index (χ2v) is 4.45. The van der Waals surface area contributed by atoms with Gasteiger partial charge in [-0.25, -0.2) is 4.39 Å². The van der Waals surface area contributed by atoms with Crippen LogP contribution in [0.4, 0.5) is 10.1 Å². The van der Waals surface area contributed by atoms with Crippen molar-refractivity contribution in [3.8, 4) is 0 Å². The highest BCUT2D eigenvalue weighted by atomic mass is 19.1. The first-order valence-electron chi connectivity index (χ1n) is 5.88. The van der Waals surface area contributed by atoms with Crippen molar-refractivity contribution in [3.05, 3.63) is 65.5 Å². The van der Waals surface area contributed by atoms with Gasteiger partial charge in [0.2, 0.25) is 5.91 Å². The van der Waals surface area contributed by atoms with Crippen LogP contribution in [0.5, 0.6) is 0 Å². The van der Waals surface area contributed by atoms with Crippen molar-refractivity contribution < 1.29 is 9.18 Å². The van der Waals surface area contributed by atoms with Crippen molar-refractivity contribution in [2.24, 2.45) is 0 Å². The molecule has 1 N–H and O–H groups in total. The number of fused-ring (bicyclic) bond motifs is 1. The zero-order valence-corrected chi connectivity index (χ0v) is 9.69. The quantitative estimate of drug-likeness (QED) is 0.815. The minimum absolute atomic E-state index is 0.0250. The van der Waals surface area contributed by atoms with Gasteiger partial charge in [-0.2, -0.15) is 0 Å². The SMILES string of the molecule is O=C1CC(c2ccccc2)c2cc(F)ccc2N1. The minimum Gasteiger partial charge on any atom is -0.326 e. The number of carbonyl (C=O) groups is 1. The summed E-state index contributed by atoms with van der Waals surface area (Å²) >= 11 is 0. The lowest BCUT2D eigenvalue weighted by Gasteiger charge is -2.26. The van der Waals surface area contributed by atoms with E-state index in [9.17, 15) is 9.18 Å². The second-order valence-electron chi connectivity index (χ2n) is 4.45. The number of hydrogen-bond acceptors (Lipinski definition) is 1. The molecule has 1 aliphatic heterocycles. The van der Waals surface area contributed by atoms with E-state index in [-0.39, 0.29) is 17.6 Å². The first kappa shape index (κ1) is 11.0. The number of anilines is 1. The van der Waals surface area contributed by atoms with Crippen molar-refractivity contribution in [2.45, 2.75) is 12.3 Å². The van der Waals surface area contributed by atoms with Crippen LogP contribution >= 0.6 is 0 Å². The normalized spacial score (nSPS) is 18.1. The largest absolute Gasteiger partial charge is 0.326 e. The third kappa shape index (κ3) is 1.88. The van der Waals surface area contributed by atoms with E-state index < -0.39 is 0 Å². The van der Waals surface area contributed by atoms with E-state index in [0.717, 1.165) is 11.1 Å². The molecule has 1 amide bonds. The predicted octanol–water partition coefficient (Wildman–Crippen LogP) is 3.30. The molecule has 1 aliphatic rings. The van der Waals surface area contributed by atoms with Gasteiger partial charge in [-0.05, 0) is 29.3 Å². The minimum atomic E-state index is -0.272. The summed E-state index contributed by atoms with van der Waals surface area (Å²) in [6.45, 7) is 0. The maximum atomic E-state index is 13.4. The van der Waals surface area contributed by atoms with Gasteiger partial charge < -0.3 is 5.32 Å². The smallest absolute Gasteiger partial charge is 0.225 e. The molecule has 90 valence electrons. The average Bonchev–Trinajstić information content (AvgIpc) is 2.39. The van der Waals surface area contributed by atoms with Crippen molar-refractivity contribution in [1.29, 1.82) is 0 Å². The topological polar surface area (TPSA) is 29.1 Å². The molecule has 1 unspecified atom stereocenters. The molecule has 0 radical (unpaired) electrons. The van der Waals surface area contributed by atoms with E-state index in [0.29, 0.717) is 12.1 Å². The molecule has 1 atom stereocenters. The first-order valence-corrected chi connectivity index (χ1v) is 5.88. The van der Waals surface area contributed by atoms with Crippen LogP contribution in [0, 0.1) is 5.82 Å². The van der Waals surface area contributed by atoms with E-state index >= 15 is 0 Å². The lowest BCUT2D eigenvalue weighted by molar-refractivity contribution is -0.116. The number of nitrogens with one attached hydrogen (secondary N) is 1. The van der Waals surface area contributed by atoms with Crippen LogP contribution in [-0.2, 0) is 4.79 Å². The predicted molar refractivity (Wildman–Crippen MR) is 67.9 cm³/mol. The summed E-state index contributed by atoms with van der Waals surface area (Å²) in [5.41, 5.74) is 2.60. The molecule has 3 rings (SSSR count). The lowest BCUT2D eigenvalue weighted by Crippen LogP contribution is -2.23. The van der Waals surface area contributed by atoms with Gasteiger partial charge in [0.1, 0.15) is 5.82 Å². The summed E-state index contributed by atoms with van der Waals surface area (Å²) < 4.78 is 13.4. The Morgan fingerprint density at radius 1 is 1.11 bits per heavy atom. The Bertz CT molecular complexity index is 595. The molecule has 1 heterocycles. The molecule has 0 saturated carbocycles. The molecule has 2 nitrogen and oxygen atoms in total. The molecular formula is C15H12FNO. The highest BCUT2D eigenvalue weighted by Crippen LogP contribution is 2.37. The Balaban J connectivity index is 2.12. The zero-order chi connectivity index (χ0) is 12.5. The number of hydrogen-bond donors (Lipinski definition) is 1. The molecule has 0 saturated heterocycles. The standard InChI is InChI=1S/C15H12FNO/c16-11-6-7-14-13(8-11)12(9-15(18)17-14)10-4-2-1-3-5-10/h1-8,12H,9H2,(H,17,18). The maximum Gasteiger partial charge on any atom is 0.225 e. The van der Waals surface area contributed by atoms with Gasteiger partial charge in [0.15, 0.2) is 0 Å². The fraction of sp³-hybridized carbons (Fsp3) is 0.133. The van der Waals surface area contributed by atoms with Crippen LogP contribution < -0.4 is 5.32 Å². The highest BCUT2D eigenvalue weighted by Gasteiger charge is 2.26. The molecule has 18 heavy (non-hydrogen) atoms. The third-order valence-corrected chi connectivity index (χ3v) is 3.25.